The van der Waals surface area contributed by atoms with Crippen LogP contribution in [0, 0.1) is 5.92 Å². The molecule has 1 saturated heterocycles. The summed E-state index contributed by atoms with van der Waals surface area (Å²) in [4.78, 5) is 26.1. The van der Waals surface area contributed by atoms with Gasteiger partial charge < -0.3 is 14.8 Å². The van der Waals surface area contributed by atoms with Crippen molar-refractivity contribution in [3.63, 3.8) is 0 Å². The van der Waals surface area contributed by atoms with Gasteiger partial charge in [-0.3, -0.25) is 4.79 Å². The SMILES string of the molecule is Cl.O=C(O)c1cnc(C(=O)CCCC2CCNCC2)o1. The number of hydrogen-bond donors (Lipinski definition) is 2. The first-order valence-electron chi connectivity index (χ1n) is 6.60. The van der Waals surface area contributed by atoms with Gasteiger partial charge in [0.15, 0.2) is 0 Å². The second-order valence-corrected chi connectivity index (χ2v) is 4.84. The maximum Gasteiger partial charge on any atom is 0.373 e. The van der Waals surface area contributed by atoms with Crippen LogP contribution in [0.4, 0.5) is 0 Å². The number of nitrogens with one attached hydrogen (secondary N) is 1. The molecule has 2 heterocycles. The van der Waals surface area contributed by atoms with E-state index in [1.807, 2.05) is 0 Å². The summed E-state index contributed by atoms with van der Waals surface area (Å²) in [5.41, 5.74) is 0. The molecule has 0 atom stereocenters. The summed E-state index contributed by atoms with van der Waals surface area (Å²) in [5.74, 6) is -1.12. The summed E-state index contributed by atoms with van der Waals surface area (Å²) in [6.07, 6.45) is 5.59. The first kappa shape index (κ1) is 16.7. The van der Waals surface area contributed by atoms with Gasteiger partial charge >= 0.3 is 5.97 Å². The molecular weight excluding hydrogens is 284 g/mol. The quantitative estimate of drug-likeness (QED) is 0.782. The number of aromatic carboxylic acids is 1. The number of carbonyl (C=O) groups excluding carboxylic acids is 1. The van der Waals surface area contributed by atoms with Gasteiger partial charge in [0.25, 0.3) is 5.89 Å². The van der Waals surface area contributed by atoms with Crippen LogP contribution in [0.1, 0.15) is 53.3 Å². The third kappa shape index (κ3) is 4.61. The monoisotopic (exact) mass is 302 g/mol. The Kier molecular flexibility index (Phi) is 6.67. The van der Waals surface area contributed by atoms with Gasteiger partial charge in [0, 0.05) is 6.42 Å². The molecule has 2 N–H and O–H groups in total. The molecule has 6 nitrogen and oxygen atoms in total. The largest absolute Gasteiger partial charge is 0.475 e. The summed E-state index contributed by atoms with van der Waals surface area (Å²) in [6, 6.07) is 0. The number of piperidine rings is 1. The van der Waals surface area contributed by atoms with E-state index in [4.69, 9.17) is 9.52 Å². The standard InChI is InChI=1S/C13H18N2O4.ClH/c16-10(12-15-8-11(19-12)13(17)18)3-1-2-9-4-6-14-7-5-9;/h8-9,14H,1-7H2,(H,17,18);1H. The topological polar surface area (TPSA) is 92.4 Å². The highest BCUT2D eigenvalue weighted by Crippen LogP contribution is 2.19. The van der Waals surface area contributed by atoms with Gasteiger partial charge in [-0.15, -0.1) is 12.4 Å². The van der Waals surface area contributed by atoms with Gasteiger partial charge in [-0.1, -0.05) is 0 Å². The average molecular weight is 303 g/mol. The van der Waals surface area contributed by atoms with Crippen LogP contribution in [0.5, 0.6) is 0 Å². The van der Waals surface area contributed by atoms with Crippen molar-refractivity contribution in [2.45, 2.75) is 32.1 Å². The lowest BCUT2D eigenvalue weighted by Gasteiger charge is -2.22. The van der Waals surface area contributed by atoms with Gasteiger partial charge in [-0.05, 0) is 44.7 Å². The minimum absolute atomic E-state index is 0. The van der Waals surface area contributed by atoms with Crippen LogP contribution in [0.2, 0.25) is 0 Å². The maximum absolute atomic E-state index is 11.8. The highest BCUT2D eigenvalue weighted by molar-refractivity contribution is 5.93. The highest BCUT2D eigenvalue weighted by Gasteiger charge is 2.18. The Balaban J connectivity index is 0.00000200. The predicted octanol–water partition coefficient (Wildman–Crippen LogP) is 2.15. The van der Waals surface area contributed by atoms with E-state index in [0.29, 0.717) is 12.3 Å². The van der Waals surface area contributed by atoms with Crippen molar-refractivity contribution in [1.29, 1.82) is 0 Å². The first-order valence-corrected chi connectivity index (χ1v) is 6.60. The van der Waals surface area contributed by atoms with Crippen molar-refractivity contribution in [3.8, 4) is 0 Å². The van der Waals surface area contributed by atoms with E-state index in [0.717, 1.165) is 45.0 Å². The fourth-order valence-electron chi connectivity index (χ4n) is 2.33. The van der Waals surface area contributed by atoms with E-state index < -0.39 is 5.97 Å². The van der Waals surface area contributed by atoms with Crippen LogP contribution in [0.25, 0.3) is 0 Å². The molecule has 0 saturated carbocycles. The molecule has 1 aromatic rings. The predicted molar refractivity (Wildman–Crippen MR) is 74.5 cm³/mol. The molecule has 1 aliphatic rings. The molecule has 0 radical (unpaired) electrons. The van der Waals surface area contributed by atoms with E-state index >= 15 is 0 Å². The molecule has 2 rings (SSSR count). The van der Waals surface area contributed by atoms with E-state index in [1.54, 1.807) is 0 Å². The second-order valence-electron chi connectivity index (χ2n) is 4.84. The van der Waals surface area contributed by atoms with Crippen LogP contribution < -0.4 is 5.32 Å². The van der Waals surface area contributed by atoms with E-state index in [2.05, 4.69) is 10.3 Å². The van der Waals surface area contributed by atoms with Crippen molar-refractivity contribution < 1.29 is 19.1 Å². The molecule has 1 fully saturated rings. The molecule has 0 bridgehead atoms. The van der Waals surface area contributed by atoms with Crippen molar-refractivity contribution in [3.05, 3.63) is 17.8 Å². The van der Waals surface area contributed by atoms with E-state index in [-0.39, 0.29) is 29.8 Å². The fraction of sp³-hybridized carbons (Fsp3) is 0.615. The van der Waals surface area contributed by atoms with Crippen LogP contribution in [-0.2, 0) is 0 Å². The number of carboxylic acid groups (broad SMARTS) is 1. The number of carboxylic acids is 1. The summed E-state index contributed by atoms with van der Waals surface area (Å²) in [5, 5.41) is 12.0. The number of halogens is 1. The Morgan fingerprint density at radius 2 is 2.10 bits per heavy atom. The third-order valence-electron chi connectivity index (χ3n) is 3.43. The Morgan fingerprint density at radius 3 is 2.70 bits per heavy atom. The van der Waals surface area contributed by atoms with Crippen LogP contribution in [-0.4, -0.2) is 34.9 Å². The smallest absolute Gasteiger partial charge is 0.373 e. The number of hydrogen-bond acceptors (Lipinski definition) is 5. The lowest BCUT2D eigenvalue weighted by Crippen LogP contribution is -2.27. The zero-order valence-electron chi connectivity index (χ0n) is 11.1. The zero-order valence-corrected chi connectivity index (χ0v) is 11.9. The average Bonchev–Trinajstić information content (AvgIpc) is 2.89. The lowest BCUT2D eigenvalue weighted by molar-refractivity contribution is 0.0660. The van der Waals surface area contributed by atoms with Crippen LogP contribution in [0.15, 0.2) is 10.6 Å². The zero-order chi connectivity index (χ0) is 13.7. The van der Waals surface area contributed by atoms with E-state index in [9.17, 15) is 9.59 Å². The van der Waals surface area contributed by atoms with Crippen molar-refractivity contribution in [2.75, 3.05) is 13.1 Å². The molecule has 7 heteroatoms. The molecule has 20 heavy (non-hydrogen) atoms. The van der Waals surface area contributed by atoms with Gasteiger partial charge in [0.2, 0.25) is 11.5 Å². The number of nitrogens with zero attached hydrogens (tertiary/aromatic N) is 1. The molecule has 1 aliphatic heterocycles. The normalized spacial score (nSPS) is 15.6. The number of Topliss-reactive ketones (excluding diaryl/α,β-unsaturated/α-hetero) is 1. The third-order valence-corrected chi connectivity index (χ3v) is 3.43. The molecule has 0 unspecified atom stereocenters. The molecule has 1 aromatic heterocycles. The fourth-order valence-corrected chi connectivity index (χ4v) is 2.33. The van der Waals surface area contributed by atoms with Crippen LogP contribution >= 0.6 is 12.4 Å². The minimum atomic E-state index is -1.21. The number of rotatable bonds is 6. The molecular formula is C13H19ClN2O4. The first-order chi connectivity index (χ1) is 9.16. The minimum Gasteiger partial charge on any atom is -0.475 e. The second kappa shape index (κ2) is 8.01. The molecule has 112 valence electrons. The summed E-state index contributed by atoms with van der Waals surface area (Å²) in [6.45, 7) is 2.11. The number of oxazole rings is 1. The van der Waals surface area contributed by atoms with Crippen molar-refractivity contribution in [1.82, 2.24) is 10.3 Å². The Morgan fingerprint density at radius 1 is 1.40 bits per heavy atom. The van der Waals surface area contributed by atoms with Crippen LogP contribution in [0.3, 0.4) is 0 Å². The maximum atomic E-state index is 11.8. The van der Waals surface area contributed by atoms with Gasteiger partial charge in [-0.25, -0.2) is 9.78 Å². The van der Waals surface area contributed by atoms with E-state index in [1.165, 1.54) is 0 Å². The Labute approximate surface area is 123 Å². The Bertz CT molecular complexity index is 455. The van der Waals surface area contributed by atoms with Gasteiger partial charge in [-0.2, -0.15) is 0 Å². The Hall–Kier alpha value is -1.40. The molecule has 0 spiro atoms. The van der Waals surface area contributed by atoms with Gasteiger partial charge in [0.1, 0.15) is 0 Å². The van der Waals surface area contributed by atoms with Crippen molar-refractivity contribution in [2.24, 2.45) is 5.92 Å². The summed E-state index contributed by atoms with van der Waals surface area (Å²) < 4.78 is 4.88. The summed E-state index contributed by atoms with van der Waals surface area (Å²) >= 11 is 0. The van der Waals surface area contributed by atoms with Crippen molar-refractivity contribution >= 4 is 24.2 Å². The number of aromatic nitrogens is 1. The number of carbonyl (C=O) groups is 2. The molecule has 0 aliphatic carbocycles. The summed E-state index contributed by atoms with van der Waals surface area (Å²) in [7, 11) is 0. The lowest BCUT2D eigenvalue weighted by atomic mass is 9.92. The number of ketones is 1. The van der Waals surface area contributed by atoms with Gasteiger partial charge in [0.05, 0.1) is 6.20 Å². The molecule has 0 amide bonds. The highest BCUT2D eigenvalue weighted by atomic mass is 35.5. The molecule has 0 aromatic carbocycles.